The van der Waals surface area contributed by atoms with Crippen LogP contribution in [0.2, 0.25) is 0 Å². The molecule has 0 aromatic carbocycles. The van der Waals surface area contributed by atoms with Crippen molar-refractivity contribution >= 4 is 17.7 Å². The Hall–Kier alpha value is -0.690. The van der Waals surface area contributed by atoms with E-state index in [4.69, 9.17) is 10.00 Å². The number of esters is 1. The average Bonchev–Trinajstić information content (AvgIpc) is 2.14. The Balaban J connectivity index is 3.52. The van der Waals surface area contributed by atoms with E-state index in [0.29, 0.717) is 12.4 Å². The van der Waals surface area contributed by atoms with Crippen LogP contribution in [0.15, 0.2) is 0 Å². The first-order valence-corrected chi connectivity index (χ1v) is 5.42. The van der Waals surface area contributed by atoms with Crippen molar-refractivity contribution in [2.75, 3.05) is 12.4 Å². The standard InChI is InChI=1S/C9H15NO2S/c1-3-4-6-12-9(11)8(2)13-7-5-10/h8H,3-4,6-7H2,1-2H3. The van der Waals surface area contributed by atoms with E-state index in [-0.39, 0.29) is 11.2 Å². The lowest BCUT2D eigenvalue weighted by Gasteiger charge is -2.08. The van der Waals surface area contributed by atoms with Gasteiger partial charge in [0.1, 0.15) is 5.25 Å². The van der Waals surface area contributed by atoms with E-state index < -0.39 is 0 Å². The van der Waals surface area contributed by atoms with Crippen LogP contribution in [0, 0.1) is 11.3 Å². The van der Waals surface area contributed by atoms with Crippen molar-refractivity contribution < 1.29 is 9.53 Å². The third-order valence-corrected chi connectivity index (χ3v) is 2.46. The fourth-order valence-corrected chi connectivity index (χ4v) is 1.19. The molecule has 0 amide bonds. The second-order valence-corrected chi connectivity index (χ2v) is 3.96. The molecule has 74 valence electrons. The molecule has 0 fully saturated rings. The summed E-state index contributed by atoms with van der Waals surface area (Å²) in [5.41, 5.74) is 0. The number of nitrogens with zero attached hydrogens (tertiary/aromatic N) is 1. The van der Waals surface area contributed by atoms with Gasteiger partial charge < -0.3 is 4.74 Å². The Morgan fingerprint density at radius 2 is 2.38 bits per heavy atom. The van der Waals surface area contributed by atoms with Crippen LogP contribution in [0.5, 0.6) is 0 Å². The summed E-state index contributed by atoms with van der Waals surface area (Å²) in [5, 5.41) is 8.06. The molecule has 0 saturated carbocycles. The number of carbonyl (C=O) groups is 1. The Morgan fingerprint density at radius 1 is 1.69 bits per heavy atom. The maximum absolute atomic E-state index is 11.2. The minimum Gasteiger partial charge on any atom is -0.465 e. The number of carbonyl (C=O) groups excluding carboxylic acids is 1. The number of thioether (sulfide) groups is 1. The monoisotopic (exact) mass is 201 g/mol. The second kappa shape index (κ2) is 7.93. The molecule has 0 spiro atoms. The molecule has 0 bridgehead atoms. The first kappa shape index (κ1) is 12.3. The highest BCUT2D eigenvalue weighted by Crippen LogP contribution is 2.10. The van der Waals surface area contributed by atoms with E-state index in [2.05, 4.69) is 0 Å². The molecular weight excluding hydrogens is 186 g/mol. The maximum Gasteiger partial charge on any atom is 0.318 e. The van der Waals surface area contributed by atoms with Crippen molar-refractivity contribution in [1.82, 2.24) is 0 Å². The van der Waals surface area contributed by atoms with Gasteiger partial charge in [-0.1, -0.05) is 13.3 Å². The van der Waals surface area contributed by atoms with Gasteiger partial charge in [-0.15, -0.1) is 11.8 Å². The zero-order valence-electron chi connectivity index (χ0n) is 8.08. The summed E-state index contributed by atoms with van der Waals surface area (Å²) >= 11 is 1.31. The molecule has 4 heteroatoms. The number of unbranched alkanes of at least 4 members (excludes halogenated alkanes) is 1. The second-order valence-electron chi connectivity index (χ2n) is 2.63. The van der Waals surface area contributed by atoms with Crippen molar-refractivity contribution in [2.24, 2.45) is 0 Å². The van der Waals surface area contributed by atoms with E-state index in [9.17, 15) is 4.79 Å². The van der Waals surface area contributed by atoms with Gasteiger partial charge in [-0.3, -0.25) is 4.79 Å². The van der Waals surface area contributed by atoms with Crippen LogP contribution in [0.1, 0.15) is 26.7 Å². The molecule has 0 heterocycles. The normalized spacial score (nSPS) is 11.8. The smallest absolute Gasteiger partial charge is 0.318 e. The fraction of sp³-hybridized carbons (Fsp3) is 0.778. The molecule has 0 aliphatic carbocycles. The zero-order chi connectivity index (χ0) is 10.1. The molecule has 3 nitrogen and oxygen atoms in total. The van der Waals surface area contributed by atoms with Crippen LogP contribution in [-0.2, 0) is 9.53 Å². The minimum atomic E-state index is -0.225. The van der Waals surface area contributed by atoms with Crippen LogP contribution >= 0.6 is 11.8 Å². The zero-order valence-corrected chi connectivity index (χ0v) is 8.89. The predicted octanol–water partition coefficient (Wildman–Crippen LogP) is 1.97. The molecule has 13 heavy (non-hydrogen) atoms. The molecule has 1 atom stereocenters. The third-order valence-electron chi connectivity index (χ3n) is 1.47. The van der Waals surface area contributed by atoms with Crippen molar-refractivity contribution in [1.29, 1.82) is 5.26 Å². The van der Waals surface area contributed by atoms with Crippen molar-refractivity contribution in [3.05, 3.63) is 0 Å². The number of hydrogen-bond donors (Lipinski definition) is 0. The van der Waals surface area contributed by atoms with Gasteiger partial charge in [-0.2, -0.15) is 5.26 Å². The van der Waals surface area contributed by atoms with E-state index >= 15 is 0 Å². The lowest BCUT2D eigenvalue weighted by molar-refractivity contribution is -0.142. The van der Waals surface area contributed by atoms with Gasteiger partial charge in [0.2, 0.25) is 0 Å². The molecule has 1 unspecified atom stereocenters. The SMILES string of the molecule is CCCCOC(=O)C(C)SCC#N. The van der Waals surface area contributed by atoms with E-state index in [1.54, 1.807) is 6.92 Å². The van der Waals surface area contributed by atoms with Gasteiger partial charge in [0.15, 0.2) is 0 Å². The highest BCUT2D eigenvalue weighted by molar-refractivity contribution is 8.00. The summed E-state index contributed by atoms with van der Waals surface area (Å²) in [4.78, 5) is 11.2. The number of nitriles is 1. The Labute approximate surface area is 83.4 Å². The number of ether oxygens (including phenoxy) is 1. The van der Waals surface area contributed by atoms with Crippen LogP contribution in [0.3, 0.4) is 0 Å². The fourth-order valence-electron chi connectivity index (χ4n) is 0.665. The molecule has 0 aromatic heterocycles. The largest absolute Gasteiger partial charge is 0.465 e. The topological polar surface area (TPSA) is 50.1 Å². The summed E-state index contributed by atoms with van der Waals surface area (Å²) in [6.45, 7) is 4.30. The molecular formula is C9H15NO2S. The lowest BCUT2D eigenvalue weighted by atomic mass is 10.4. The van der Waals surface area contributed by atoms with Gasteiger partial charge in [0.25, 0.3) is 0 Å². The summed E-state index contributed by atoms with van der Waals surface area (Å²) in [7, 11) is 0. The summed E-state index contributed by atoms with van der Waals surface area (Å²) in [6.07, 6.45) is 1.92. The van der Waals surface area contributed by atoms with E-state index in [1.165, 1.54) is 11.8 Å². The molecule has 0 rings (SSSR count). The molecule has 0 saturated heterocycles. The maximum atomic E-state index is 11.2. The predicted molar refractivity (Wildman–Crippen MR) is 53.4 cm³/mol. The highest BCUT2D eigenvalue weighted by Gasteiger charge is 2.13. The third kappa shape index (κ3) is 6.47. The van der Waals surface area contributed by atoms with Gasteiger partial charge in [0, 0.05) is 0 Å². The summed E-state index contributed by atoms with van der Waals surface area (Å²) in [6, 6.07) is 1.98. The van der Waals surface area contributed by atoms with Crippen molar-refractivity contribution in [2.45, 2.75) is 31.9 Å². The van der Waals surface area contributed by atoms with Crippen LogP contribution < -0.4 is 0 Å². The van der Waals surface area contributed by atoms with Crippen LogP contribution in [0.4, 0.5) is 0 Å². The molecule has 0 aliphatic heterocycles. The molecule has 0 N–H and O–H groups in total. The van der Waals surface area contributed by atoms with Gasteiger partial charge >= 0.3 is 5.97 Å². The highest BCUT2D eigenvalue weighted by atomic mass is 32.2. The van der Waals surface area contributed by atoms with Gasteiger partial charge in [-0.05, 0) is 13.3 Å². The van der Waals surface area contributed by atoms with Gasteiger partial charge in [-0.25, -0.2) is 0 Å². The van der Waals surface area contributed by atoms with Crippen molar-refractivity contribution in [3.8, 4) is 6.07 Å². The van der Waals surface area contributed by atoms with Gasteiger partial charge in [0.05, 0.1) is 18.4 Å². The lowest BCUT2D eigenvalue weighted by Crippen LogP contribution is -2.17. The average molecular weight is 201 g/mol. The first-order chi connectivity index (χ1) is 6.22. The van der Waals surface area contributed by atoms with Crippen molar-refractivity contribution in [3.63, 3.8) is 0 Å². The number of hydrogen-bond acceptors (Lipinski definition) is 4. The minimum absolute atomic E-state index is 0.214. The Kier molecular flexibility index (Phi) is 7.51. The quantitative estimate of drug-likeness (QED) is 0.487. The Bertz CT molecular complexity index is 189. The summed E-state index contributed by atoms with van der Waals surface area (Å²) < 4.78 is 4.97. The molecule has 0 aromatic rings. The Morgan fingerprint density at radius 3 is 2.92 bits per heavy atom. The van der Waals surface area contributed by atoms with Crippen LogP contribution in [0.25, 0.3) is 0 Å². The summed E-state index contributed by atoms with van der Waals surface area (Å²) in [5.74, 6) is 0.123. The first-order valence-electron chi connectivity index (χ1n) is 4.37. The molecule has 0 radical (unpaired) electrons. The number of rotatable bonds is 6. The van der Waals surface area contributed by atoms with Crippen LogP contribution in [-0.4, -0.2) is 23.6 Å². The van der Waals surface area contributed by atoms with E-state index in [1.807, 2.05) is 13.0 Å². The van der Waals surface area contributed by atoms with E-state index in [0.717, 1.165) is 12.8 Å². The molecule has 0 aliphatic rings.